The summed E-state index contributed by atoms with van der Waals surface area (Å²) in [5.41, 5.74) is 2.63. The van der Waals surface area contributed by atoms with Gasteiger partial charge in [-0.2, -0.15) is 0 Å². The van der Waals surface area contributed by atoms with Crippen LogP contribution in [0.15, 0.2) is 54.9 Å². The van der Waals surface area contributed by atoms with Crippen molar-refractivity contribution >= 4 is 28.3 Å². The highest BCUT2D eigenvalue weighted by molar-refractivity contribution is 6.06. The Hall–Kier alpha value is -3.15. The second kappa shape index (κ2) is 8.47. The lowest BCUT2D eigenvalue weighted by Gasteiger charge is -2.22. The number of carbonyl (C=O) groups is 1. The summed E-state index contributed by atoms with van der Waals surface area (Å²) in [6.07, 6.45) is 6.58. The molecule has 1 aliphatic heterocycles. The average molecular weight is 390 g/mol. The molecule has 0 radical (unpaired) electrons. The molecule has 4 rings (SSSR count). The number of aromatic nitrogens is 2. The predicted octanol–water partition coefficient (Wildman–Crippen LogP) is 3.80. The fourth-order valence-corrected chi connectivity index (χ4v) is 3.88. The van der Waals surface area contributed by atoms with E-state index < -0.39 is 0 Å². The maximum Gasteiger partial charge on any atom is 0.254 e. The highest BCUT2D eigenvalue weighted by atomic mass is 16.2. The van der Waals surface area contributed by atoms with E-state index in [0.29, 0.717) is 6.04 Å². The van der Waals surface area contributed by atoms with E-state index in [1.165, 1.54) is 0 Å². The normalized spacial score (nSPS) is 17.0. The smallest absolute Gasteiger partial charge is 0.254 e. The Kier molecular flexibility index (Phi) is 5.60. The molecule has 150 valence electrons. The number of anilines is 2. The van der Waals surface area contributed by atoms with Gasteiger partial charge in [-0.25, -0.2) is 4.98 Å². The van der Waals surface area contributed by atoms with E-state index in [1.54, 1.807) is 6.20 Å². The summed E-state index contributed by atoms with van der Waals surface area (Å²) >= 11 is 0. The molecule has 0 aliphatic carbocycles. The SMILES string of the molecule is CN(C)c1ccc(N[C@@H]2CCCN(C(=O)c3cccc4ncccc34)CC2)cn1. The van der Waals surface area contributed by atoms with Crippen LogP contribution in [0, 0.1) is 0 Å². The molecule has 1 N–H and O–H groups in total. The number of hydrogen-bond donors (Lipinski definition) is 1. The number of benzene rings is 1. The minimum Gasteiger partial charge on any atom is -0.381 e. The molecule has 29 heavy (non-hydrogen) atoms. The minimum absolute atomic E-state index is 0.0984. The molecule has 0 spiro atoms. The molecule has 6 heteroatoms. The van der Waals surface area contributed by atoms with Crippen LogP contribution in [0.2, 0.25) is 0 Å². The second-order valence-electron chi connectivity index (χ2n) is 7.74. The van der Waals surface area contributed by atoms with E-state index in [4.69, 9.17) is 0 Å². The van der Waals surface area contributed by atoms with Gasteiger partial charge in [-0.3, -0.25) is 9.78 Å². The molecule has 1 saturated heterocycles. The first-order valence-electron chi connectivity index (χ1n) is 10.1. The summed E-state index contributed by atoms with van der Waals surface area (Å²) in [5, 5.41) is 4.51. The molecule has 6 nitrogen and oxygen atoms in total. The number of fused-ring (bicyclic) bond motifs is 1. The van der Waals surface area contributed by atoms with Crippen LogP contribution < -0.4 is 10.2 Å². The second-order valence-corrected chi connectivity index (χ2v) is 7.74. The molecule has 0 unspecified atom stereocenters. The van der Waals surface area contributed by atoms with Gasteiger partial charge in [0.1, 0.15) is 5.82 Å². The maximum absolute atomic E-state index is 13.2. The van der Waals surface area contributed by atoms with Crippen molar-refractivity contribution in [2.24, 2.45) is 0 Å². The van der Waals surface area contributed by atoms with Crippen molar-refractivity contribution in [3.8, 4) is 0 Å². The standard InChI is InChI=1S/C23H27N5O/c1-27(2)22-11-10-18(16-25-22)26-17-6-5-14-28(15-12-17)23(29)20-7-3-9-21-19(20)8-4-13-24-21/h3-4,7-11,13,16-17,26H,5-6,12,14-15H2,1-2H3/t17-/m1/s1. The van der Waals surface area contributed by atoms with Crippen molar-refractivity contribution in [2.75, 3.05) is 37.4 Å². The maximum atomic E-state index is 13.2. The van der Waals surface area contributed by atoms with Gasteiger partial charge in [0.05, 0.1) is 17.4 Å². The predicted molar refractivity (Wildman–Crippen MR) is 117 cm³/mol. The van der Waals surface area contributed by atoms with Crippen LogP contribution >= 0.6 is 0 Å². The fraction of sp³-hybridized carbons (Fsp3) is 0.348. The van der Waals surface area contributed by atoms with Gasteiger partial charge < -0.3 is 15.1 Å². The lowest BCUT2D eigenvalue weighted by molar-refractivity contribution is 0.0763. The van der Waals surface area contributed by atoms with Crippen LogP contribution in [0.25, 0.3) is 10.9 Å². The van der Waals surface area contributed by atoms with Crippen LogP contribution in [0.5, 0.6) is 0 Å². The summed E-state index contributed by atoms with van der Waals surface area (Å²) in [7, 11) is 3.97. The first kappa shape index (κ1) is 19.2. The molecule has 1 atom stereocenters. The zero-order valence-electron chi connectivity index (χ0n) is 17.0. The molecule has 0 saturated carbocycles. The number of nitrogens with one attached hydrogen (secondary N) is 1. The number of pyridine rings is 2. The van der Waals surface area contributed by atoms with Crippen molar-refractivity contribution in [1.29, 1.82) is 0 Å². The van der Waals surface area contributed by atoms with Gasteiger partial charge in [0, 0.05) is 50.4 Å². The molecule has 2 aromatic heterocycles. The van der Waals surface area contributed by atoms with E-state index in [2.05, 4.69) is 21.4 Å². The highest BCUT2D eigenvalue weighted by Crippen LogP contribution is 2.22. The highest BCUT2D eigenvalue weighted by Gasteiger charge is 2.23. The number of nitrogens with zero attached hydrogens (tertiary/aromatic N) is 4. The number of amides is 1. The lowest BCUT2D eigenvalue weighted by atomic mass is 10.1. The van der Waals surface area contributed by atoms with Crippen LogP contribution in [-0.2, 0) is 0 Å². The Bertz CT molecular complexity index is 981. The molecule has 1 aliphatic rings. The van der Waals surface area contributed by atoms with Gasteiger partial charge in [0.15, 0.2) is 0 Å². The van der Waals surface area contributed by atoms with Crippen molar-refractivity contribution in [1.82, 2.24) is 14.9 Å². The van der Waals surface area contributed by atoms with Crippen LogP contribution in [0.4, 0.5) is 11.5 Å². The zero-order valence-corrected chi connectivity index (χ0v) is 17.0. The van der Waals surface area contributed by atoms with Crippen molar-refractivity contribution in [3.63, 3.8) is 0 Å². The van der Waals surface area contributed by atoms with Gasteiger partial charge in [-0.15, -0.1) is 0 Å². The summed E-state index contributed by atoms with van der Waals surface area (Å²) < 4.78 is 0. The Balaban J connectivity index is 1.42. The van der Waals surface area contributed by atoms with Crippen molar-refractivity contribution in [2.45, 2.75) is 25.3 Å². The van der Waals surface area contributed by atoms with E-state index in [0.717, 1.165) is 60.3 Å². The molecular formula is C23H27N5O. The van der Waals surface area contributed by atoms with Crippen molar-refractivity contribution < 1.29 is 4.79 Å². The number of hydrogen-bond acceptors (Lipinski definition) is 5. The first-order chi connectivity index (χ1) is 14.1. The van der Waals surface area contributed by atoms with E-state index in [-0.39, 0.29) is 5.91 Å². The van der Waals surface area contributed by atoms with Gasteiger partial charge in [-0.05, 0) is 49.6 Å². The van der Waals surface area contributed by atoms with Crippen LogP contribution in [0.1, 0.15) is 29.6 Å². The van der Waals surface area contributed by atoms with Gasteiger partial charge in [0.25, 0.3) is 5.91 Å². The third-order valence-corrected chi connectivity index (χ3v) is 5.47. The summed E-state index contributed by atoms with van der Waals surface area (Å²) in [6, 6.07) is 14.1. The molecule has 1 aromatic carbocycles. The third kappa shape index (κ3) is 4.31. The molecule has 1 fully saturated rings. The molecular weight excluding hydrogens is 362 g/mol. The monoisotopic (exact) mass is 389 g/mol. The Morgan fingerprint density at radius 1 is 1.07 bits per heavy atom. The largest absolute Gasteiger partial charge is 0.381 e. The van der Waals surface area contributed by atoms with Gasteiger partial charge >= 0.3 is 0 Å². The zero-order chi connectivity index (χ0) is 20.2. The van der Waals surface area contributed by atoms with Gasteiger partial charge in [-0.1, -0.05) is 12.1 Å². The molecule has 0 bridgehead atoms. The summed E-state index contributed by atoms with van der Waals surface area (Å²) in [4.78, 5) is 26.0. The van der Waals surface area contributed by atoms with Crippen LogP contribution in [0.3, 0.4) is 0 Å². The molecule has 3 heterocycles. The number of rotatable bonds is 4. The average Bonchev–Trinajstić information content (AvgIpc) is 2.99. The fourth-order valence-electron chi connectivity index (χ4n) is 3.88. The van der Waals surface area contributed by atoms with E-state index in [1.807, 2.05) is 66.5 Å². The summed E-state index contributed by atoms with van der Waals surface area (Å²) in [6.45, 7) is 1.53. The van der Waals surface area contributed by atoms with E-state index in [9.17, 15) is 4.79 Å². The topological polar surface area (TPSA) is 61.4 Å². The first-order valence-corrected chi connectivity index (χ1v) is 10.1. The quantitative estimate of drug-likeness (QED) is 0.735. The van der Waals surface area contributed by atoms with Crippen LogP contribution in [-0.4, -0.2) is 54.0 Å². The Labute approximate surface area is 171 Å². The Morgan fingerprint density at radius 2 is 1.97 bits per heavy atom. The van der Waals surface area contributed by atoms with Crippen molar-refractivity contribution in [3.05, 3.63) is 60.4 Å². The molecule has 1 amide bonds. The lowest BCUT2D eigenvalue weighted by Crippen LogP contribution is -2.32. The third-order valence-electron chi connectivity index (χ3n) is 5.47. The Morgan fingerprint density at radius 3 is 2.76 bits per heavy atom. The van der Waals surface area contributed by atoms with Gasteiger partial charge in [0.2, 0.25) is 0 Å². The molecule has 3 aromatic rings. The minimum atomic E-state index is 0.0984. The van der Waals surface area contributed by atoms with E-state index >= 15 is 0 Å². The number of carbonyl (C=O) groups excluding carboxylic acids is 1. The number of likely N-dealkylation sites (tertiary alicyclic amines) is 1. The summed E-state index contributed by atoms with van der Waals surface area (Å²) in [5.74, 6) is 1.04.